The van der Waals surface area contributed by atoms with Crippen molar-refractivity contribution < 1.29 is 19.2 Å². The summed E-state index contributed by atoms with van der Waals surface area (Å²) in [6.07, 6.45) is 6.31. The number of aldehydes is 2. The van der Waals surface area contributed by atoms with Crippen LogP contribution in [0.25, 0.3) is 0 Å². The van der Waals surface area contributed by atoms with E-state index in [0.717, 1.165) is 25.3 Å². The molecule has 0 fully saturated rings. The van der Waals surface area contributed by atoms with E-state index in [4.69, 9.17) is 0 Å². The number of unbranched alkanes of at least 4 members (excludes halogenated alkanes) is 2. The maximum Gasteiger partial charge on any atom is 0.246 e. The summed E-state index contributed by atoms with van der Waals surface area (Å²) >= 11 is 0. The molecule has 0 aromatic carbocycles. The van der Waals surface area contributed by atoms with Crippen molar-refractivity contribution in [1.82, 2.24) is 10.2 Å². The van der Waals surface area contributed by atoms with Crippen molar-refractivity contribution in [2.24, 2.45) is 0 Å². The molecule has 0 aliphatic heterocycles. The molecule has 0 unspecified atom stereocenters. The molecule has 0 radical (unpaired) electrons. The summed E-state index contributed by atoms with van der Waals surface area (Å²) in [4.78, 5) is 44.1. The van der Waals surface area contributed by atoms with Crippen LogP contribution < -0.4 is 5.32 Å². The Balaban J connectivity index is 3.60. The normalized spacial score (nSPS) is 10.2. The Labute approximate surface area is 112 Å². The lowest BCUT2D eigenvalue weighted by Gasteiger charge is -2.14. The Morgan fingerprint density at radius 3 is 2.53 bits per heavy atom. The second-order valence-electron chi connectivity index (χ2n) is 4.04. The molecule has 19 heavy (non-hydrogen) atoms. The van der Waals surface area contributed by atoms with Crippen molar-refractivity contribution in [2.45, 2.75) is 25.7 Å². The third-order valence-electron chi connectivity index (χ3n) is 2.47. The van der Waals surface area contributed by atoms with Crippen molar-refractivity contribution in [3.63, 3.8) is 0 Å². The van der Waals surface area contributed by atoms with Gasteiger partial charge in [0.2, 0.25) is 11.8 Å². The average Bonchev–Trinajstić information content (AvgIpc) is 2.41. The lowest BCUT2D eigenvalue weighted by molar-refractivity contribution is -0.125. The largest absolute Gasteiger partial charge is 0.349 e. The molecule has 0 saturated heterocycles. The zero-order valence-corrected chi connectivity index (χ0v) is 11.1. The first-order valence-corrected chi connectivity index (χ1v) is 6.19. The number of nitrogens with one attached hydrogen (secondary N) is 1. The van der Waals surface area contributed by atoms with Crippen LogP contribution in [-0.2, 0) is 19.2 Å². The molecule has 106 valence electrons. The van der Waals surface area contributed by atoms with Crippen LogP contribution in [0.4, 0.5) is 0 Å². The molecule has 0 saturated carbocycles. The molecule has 1 N–H and O–H groups in total. The molecule has 0 spiro atoms. The SMILES string of the molecule is CN(CCCCCC(=O)NCC=O)C(=O)/C=C\C=O. The number of carbonyl (C=O) groups is 4. The van der Waals surface area contributed by atoms with Crippen LogP contribution in [0.3, 0.4) is 0 Å². The lowest BCUT2D eigenvalue weighted by atomic mass is 10.2. The Morgan fingerprint density at radius 1 is 1.16 bits per heavy atom. The van der Waals surface area contributed by atoms with Crippen LogP contribution in [-0.4, -0.2) is 49.4 Å². The van der Waals surface area contributed by atoms with E-state index in [-0.39, 0.29) is 18.4 Å². The molecule has 0 bridgehead atoms. The maximum absolute atomic E-state index is 11.4. The van der Waals surface area contributed by atoms with Crippen LogP contribution in [0.1, 0.15) is 25.7 Å². The summed E-state index contributed by atoms with van der Waals surface area (Å²) in [5.41, 5.74) is 0. The van der Waals surface area contributed by atoms with Crippen molar-refractivity contribution in [3.05, 3.63) is 12.2 Å². The van der Waals surface area contributed by atoms with Crippen LogP contribution in [0.15, 0.2) is 12.2 Å². The highest BCUT2D eigenvalue weighted by Crippen LogP contribution is 2.01. The summed E-state index contributed by atoms with van der Waals surface area (Å²) in [7, 11) is 1.66. The van der Waals surface area contributed by atoms with Crippen LogP contribution >= 0.6 is 0 Å². The minimum Gasteiger partial charge on any atom is -0.349 e. The molecular weight excluding hydrogens is 248 g/mol. The summed E-state index contributed by atoms with van der Waals surface area (Å²) in [5, 5.41) is 2.46. The van der Waals surface area contributed by atoms with E-state index in [2.05, 4.69) is 5.32 Å². The average molecular weight is 268 g/mol. The molecule has 0 atom stereocenters. The van der Waals surface area contributed by atoms with Gasteiger partial charge in [-0.3, -0.25) is 14.4 Å². The van der Waals surface area contributed by atoms with Gasteiger partial charge < -0.3 is 15.0 Å². The second-order valence-corrected chi connectivity index (χ2v) is 4.04. The highest BCUT2D eigenvalue weighted by Gasteiger charge is 2.04. The number of rotatable bonds is 10. The monoisotopic (exact) mass is 268 g/mol. The van der Waals surface area contributed by atoms with Crippen LogP contribution in [0.2, 0.25) is 0 Å². The first-order chi connectivity index (χ1) is 9.11. The van der Waals surface area contributed by atoms with Crippen molar-refractivity contribution in [1.29, 1.82) is 0 Å². The quantitative estimate of drug-likeness (QED) is 0.345. The van der Waals surface area contributed by atoms with Gasteiger partial charge in [0.25, 0.3) is 0 Å². The van der Waals surface area contributed by atoms with E-state index in [1.54, 1.807) is 7.05 Å². The zero-order valence-electron chi connectivity index (χ0n) is 11.1. The van der Waals surface area contributed by atoms with Gasteiger partial charge in [-0.1, -0.05) is 6.42 Å². The van der Waals surface area contributed by atoms with Gasteiger partial charge in [-0.2, -0.15) is 0 Å². The number of hydrogen-bond donors (Lipinski definition) is 1. The fourth-order valence-corrected chi connectivity index (χ4v) is 1.41. The number of hydrogen-bond acceptors (Lipinski definition) is 4. The lowest BCUT2D eigenvalue weighted by Crippen LogP contribution is -2.26. The van der Waals surface area contributed by atoms with Gasteiger partial charge in [-0.25, -0.2) is 0 Å². The third-order valence-corrected chi connectivity index (χ3v) is 2.47. The van der Waals surface area contributed by atoms with Crippen LogP contribution in [0.5, 0.6) is 0 Å². The minimum absolute atomic E-state index is 0.0547. The van der Waals surface area contributed by atoms with Crippen molar-refractivity contribution in [3.8, 4) is 0 Å². The molecule has 2 amide bonds. The number of allylic oxidation sites excluding steroid dienone is 1. The molecule has 0 rings (SSSR count). The van der Waals surface area contributed by atoms with Crippen molar-refractivity contribution in [2.75, 3.05) is 20.1 Å². The maximum atomic E-state index is 11.4. The van der Waals surface area contributed by atoms with E-state index in [0.29, 0.717) is 25.5 Å². The Kier molecular flexibility index (Phi) is 9.97. The van der Waals surface area contributed by atoms with Gasteiger partial charge in [0.1, 0.15) is 12.6 Å². The van der Waals surface area contributed by atoms with Gasteiger partial charge in [-0.15, -0.1) is 0 Å². The summed E-state index contributed by atoms with van der Waals surface area (Å²) in [5.74, 6) is -0.346. The molecule has 0 aliphatic carbocycles. The fourth-order valence-electron chi connectivity index (χ4n) is 1.41. The van der Waals surface area contributed by atoms with E-state index in [9.17, 15) is 19.2 Å². The zero-order chi connectivity index (χ0) is 14.5. The fraction of sp³-hybridized carbons (Fsp3) is 0.538. The molecule has 0 heterocycles. The molecule has 6 heteroatoms. The first-order valence-electron chi connectivity index (χ1n) is 6.19. The Bertz CT molecular complexity index is 340. The van der Waals surface area contributed by atoms with Gasteiger partial charge in [0.15, 0.2) is 0 Å². The van der Waals surface area contributed by atoms with E-state index in [1.807, 2.05) is 0 Å². The molecule has 0 aromatic rings. The van der Waals surface area contributed by atoms with Crippen LogP contribution in [0, 0.1) is 0 Å². The summed E-state index contributed by atoms with van der Waals surface area (Å²) < 4.78 is 0. The highest BCUT2D eigenvalue weighted by atomic mass is 16.2. The van der Waals surface area contributed by atoms with Gasteiger partial charge >= 0.3 is 0 Å². The Hall–Kier alpha value is -1.98. The van der Waals surface area contributed by atoms with Gasteiger partial charge in [0.05, 0.1) is 6.54 Å². The standard InChI is InChI=1S/C13H20N2O4/c1-15(13(19)7-5-10-16)9-4-2-3-6-12(18)14-8-11-17/h5,7,10-11H,2-4,6,8-9H2,1H3,(H,14,18)/b7-5-. The number of amides is 2. The van der Waals surface area contributed by atoms with E-state index < -0.39 is 0 Å². The van der Waals surface area contributed by atoms with E-state index >= 15 is 0 Å². The Morgan fingerprint density at radius 2 is 1.89 bits per heavy atom. The molecule has 6 nitrogen and oxygen atoms in total. The first kappa shape index (κ1) is 17.0. The van der Waals surface area contributed by atoms with E-state index in [1.165, 1.54) is 11.0 Å². The highest BCUT2D eigenvalue weighted by molar-refractivity contribution is 5.90. The number of carbonyl (C=O) groups excluding carboxylic acids is 4. The number of likely N-dealkylation sites (N-methyl/N-ethyl adjacent to an activating group) is 1. The molecular formula is C13H20N2O4. The van der Waals surface area contributed by atoms with Gasteiger partial charge in [0, 0.05) is 26.1 Å². The predicted molar refractivity (Wildman–Crippen MR) is 70.4 cm³/mol. The smallest absolute Gasteiger partial charge is 0.246 e. The van der Waals surface area contributed by atoms with Crippen molar-refractivity contribution >= 4 is 24.4 Å². The topological polar surface area (TPSA) is 83.6 Å². The third kappa shape index (κ3) is 9.70. The predicted octanol–water partition coefficient (Wildman–Crippen LogP) is 0.0754. The minimum atomic E-state index is -0.212. The second kappa shape index (κ2) is 11.1. The van der Waals surface area contributed by atoms with Gasteiger partial charge in [-0.05, 0) is 18.9 Å². The molecule has 0 aliphatic rings. The summed E-state index contributed by atoms with van der Waals surface area (Å²) in [6.45, 7) is 0.636. The summed E-state index contributed by atoms with van der Waals surface area (Å²) in [6, 6.07) is 0. The molecule has 0 aromatic heterocycles. The number of nitrogens with zero attached hydrogens (tertiary/aromatic N) is 1.